The Kier molecular flexibility index (Phi) is 39.8. The van der Waals surface area contributed by atoms with Crippen LogP contribution in [0.2, 0.25) is 50.4 Å². The molecule has 4 bridgehead atoms. The van der Waals surface area contributed by atoms with Crippen LogP contribution in [-0.2, 0) is 0 Å². The molecule has 107 heavy (non-hydrogen) atoms. The van der Waals surface area contributed by atoms with Crippen molar-refractivity contribution in [3.05, 3.63) is 0 Å². The van der Waals surface area contributed by atoms with E-state index in [0.717, 1.165) is 159 Å². The van der Waals surface area contributed by atoms with Crippen molar-refractivity contribution in [1.29, 1.82) is 0 Å². The zero-order chi connectivity index (χ0) is 81.6. The van der Waals surface area contributed by atoms with Gasteiger partial charge in [-0.1, -0.05) is 344 Å². The molecule has 0 aromatic heterocycles. The van der Waals surface area contributed by atoms with E-state index in [1.165, 1.54) is 173 Å². The lowest BCUT2D eigenvalue weighted by Gasteiger charge is -2.62. The van der Waals surface area contributed by atoms with E-state index in [2.05, 4.69) is 261 Å². The summed E-state index contributed by atoms with van der Waals surface area (Å²) in [6, 6.07) is 0. The Hall–Kier alpha value is 0.434. The van der Waals surface area contributed by atoms with Crippen LogP contribution < -0.4 is 0 Å². The summed E-state index contributed by atoms with van der Waals surface area (Å²) in [7, 11) is -1.57. The van der Waals surface area contributed by atoms with Gasteiger partial charge in [-0.25, -0.2) is 0 Å². The van der Waals surface area contributed by atoms with E-state index < -0.39 is 16.1 Å². The second kappa shape index (κ2) is 42.7. The normalized spacial score (nSPS) is 39.6. The van der Waals surface area contributed by atoms with E-state index in [1.807, 2.05) is 0 Å². The third-order valence-electron chi connectivity index (χ3n) is 37.5. The van der Waals surface area contributed by atoms with Gasteiger partial charge in [0.05, 0.1) is 0 Å². The van der Waals surface area contributed by atoms with Gasteiger partial charge < -0.3 is 0 Å². The molecule has 0 N–H and O–H groups in total. The minimum absolute atomic E-state index is 0.541. The molecule has 0 saturated heterocycles. The summed E-state index contributed by atoms with van der Waals surface area (Å²) in [5.41, 5.74) is 6.55. The second-order valence-corrected chi connectivity index (χ2v) is 61.2. The molecular weight excluding hydrogens is 1320 g/mol. The average molecular weight is 1530 g/mol. The predicted octanol–water partition coefficient (Wildman–Crippen LogP) is 36.1. The lowest BCUT2D eigenvalue weighted by molar-refractivity contribution is -0.129. The maximum Gasteiger partial charge on any atom is 0.0474 e. The summed E-state index contributed by atoms with van der Waals surface area (Å²) in [5, 5.41) is 0. The molecule has 0 nitrogen and oxygen atoms in total. The van der Waals surface area contributed by atoms with Crippen LogP contribution >= 0.6 is 0 Å². The summed E-state index contributed by atoms with van der Waals surface area (Å²) < 4.78 is 0. The van der Waals surface area contributed by atoms with Gasteiger partial charge in [0.15, 0.2) is 0 Å². The zero-order valence-electron chi connectivity index (χ0n) is 81.6. The first-order valence-corrected chi connectivity index (χ1v) is 56.3. The number of hydrogen-bond donors (Lipinski definition) is 0. The molecule has 636 valence electrons. The Labute approximate surface area is 681 Å². The fourth-order valence-electron chi connectivity index (χ4n) is 25.1. The first-order chi connectivity index (χ1) is 49.2. The Morgan fingerprint density at radius 3 is 0.794 bits per heavy atom. The fourth-order valence-corrected chi connectivity index (χ4v) is 29.4. The molecule has 0 amide bonds. The number of hydrogen-bond acceptors (Lipinski definition) is 0. The van der Waals surface area contributed by atoms with E-state index in [4.69, 9.17) is 0 Å². The molecule has 13 aliphatic rings. The summed E-state index contributed by atoms with van der Waals surface area (Å²) in [6.45, 7) is 92.2. The third-order valence-corrected chi connectivity index (χ3v) is 43.4. The first kappa shape index (κ1) is 99.8. The highest BCUT2D eigenvalue weighted by molar-refractivity contribution is 6.78. The molecule has 18 unspecified atom stereocenters. The van der Waals surface area contributed by atoms with E-state index >= 15 is 0 Å². The van der Waals surface area contributed by atoms with E-state index in [0.29, 0.717) is 32.5 Å². The van der Waals surface area contributed by atoms with Gasteiger partial charge in [-0.2, -0.15) is 0 Å². The molecule has 0 radical (unpaired) electrons. The van der Waals surface area contributed by atoms with Crippen LogP contribution in [-0.4, -0.2) is 16.1 Å². The Morgan fingerprint density at radius 1 is 0.243 bits per heavy atom. The minimum Gasteiger partial charge on any atom is -0.0693 e. The summed E-state index contributed by atoms with van der Waals surface area (Å²) in [4.78, 5) is 0. The van der Waals surface area contributed by atoms with Crippen LogP contribution in [0.1, 0.15) is 440 Å². The van der Waals surface area contributed by atoms with Crippen molar-refractivity contribution in [2.45, 2.75) is 490 Å². The highest BCUT2D eigenvalue weighted by Crippen LogP contribution is 2.67. The molecule has 0 aromatic rings. The standard InChI is InChI=1S/C17H28.C13H26.2C12H24.2C11H22.C10H22Si.C10H20.C9H20Si/c1-11-3-4-14(5-11)17(2)15-7-12-6-13(9-15)10-16(17)8-12;1-6-13(5,7-2)12-8-10(3)11(4)9-12;1-6-12(4,5)11-7-9(2)10(3)8-11;1-5-12(4,6-2)11-8-7-10(3)9-11;1-8-6-10(7-9(8)2)11(3,4)5;1-5-11(3,4)10-7-6-9(2)8-10;1-8-6-10(7-9(8)2)11(3,4)5;2*1-8-5-6-9(7-8)10(2,3)4/h11-16H,3-10H2,1-2H3;10-12H,6-9H2,1-5H3;9-11H,6-8H2,1-5H3;10-11H,5-9H2,1-4H3;8-10H,6-7H2,1-5H3;9-10H,5-8H2,1-4H3;8-10H,6-7H2,1-5H3;2*8-9H,5-7H2,1-4H3. The van der Waals surface area contributed by atoms with Gasteiger partial charge in [-0.3, -0.25) is 0 Å². The SMILES string of the molecule is CC1CC(C(C)(C)C)CC1C.CC1CC([Si](C)(C)C)CC1C.CC1CCC(C(C)(C)C)C1.CC1CCC(C2(C)C3CC4CC(C3)CC2C4)C1.CC1CCC([Si](C)(C)C)C1.CCC(C)(C)C1CC(C)C(C)C1.CCC(C)(C)C1CCC(C)C1.CCC(C)(CC)C1CC(C)C(C)C1.CCC(C)(CC)C1CCC(C)C1. The maximum absolute atomic E-state index is 2.71. The Bertz CT molecular complexity index is 2260. The minimum atomic E-state index is -0.808. The Balaban J connectivity index is 0.000000256. The van der Waals surface area contributed by atoms with Crippen molar-refractivity contribution in [2.24, 2.45) is 180 Å². The van der Waals surface area contributed by atoms with E-state index in [1.54, 1.807) is 44.9 Å². The topological polar surface area (TPSA) is 0 Å². The van der Waals surface area contributed by atoms with Crippen molar-refractivity contribution in [1.82, 2.24) is 0 Å². The summed E-state index contributed by atoms with van der Waals surface area (Å²) in [6.07, 6.45) is 50.3. The maximum atomic E-state index is 2.71. The van der Waals surface area contributed by atoms with Gasteiger partial charge >= 0.3 is 0 Å². The predicted molar refractivity (Wildman–Crippen MR) is 494 cm³/mol. The Morgan fingerprint density at radius 2 is 0.533 bits per heavy atom. The van der Waals surface area contributed by atoms with Crippen LogP contribution in [0.4, 0.5) is 0 Å². The fraction of sp³-hybridized carbons (Fsp3) is 1.00. The molecular formula is C105H208Si2. The van der Waals surface area contributed by atoms with Gasteiger partial charge in [0.1, 0.15) is 0 Å². The van der Waals surface area contributed by atoms with Gasteiger partial charge in [-0.05, 0) is 326 Å². The molecule has 0 aromatic carbocycles. The molecule has 13 saturated carbocycles. The molecule has 0 spiro atoms. The molecule has 13 fully saturated rings. The molecule has 13 aliphatic carbocycles. The average Bonchev–Trinajstić information content (AvgIpc) is 1.40. The van der Waals surface area contributed by atoms with Crippen molar-refractivity contribution in [2.75, 3.05) is 0 Å². The molecule has 0 heterocycles. The van der Waals surface area contributed by atoms with Crippen LogP contribution in [0.25, 0.3) is 0 Å². The molecule has 2 heteroatoms. The monoisotopic (exact) mass is 1530 g/mol. The lowest BCUT2D eigenvalue weighted by Crippen LogP contribution is -2.54. The lowest BCUT2D eigenvalue weighted by atomic mass is 9.43. The van der Waals surface area contributed by atoms with Crippen LogP contribution in [0.15, 0.2) is 0 Å². The third kappa shape index (κ3) is 29.8. The summed E-state index contributed by atoms with van der Waals surface area (Å²) >= 11 is 0. The van der Waals surface area contributed by atoms with Crippen LogP contribution in [0, 0.1) is 180 Å². The zero-order valence-corrected chi connectivity index (χ0v) is 83.6. The first-order valence-electron chi connectivity index (χ1n) is 49.2. The van der Waals surface area contributed by atoms with E-state index in [9.17, 15) is 0 Å². The van der Waals surface area contributed by atoms with Crippen molar-refractivity contribution >= 4 is 16.1 Å². The second-order valence-electron chi connectivity index (χ2n) is 50.1. The van der Waals surface area contributed by atoms with Crippen molar-refractivity contribution in [3.63, 3.8) is 0 Å². The van der Waals surface area contributed by atoms with Gasteiger partial charge in [-0.15, -0.1) is 0 Å². The van der Waals surface area contributed by atoms with Gasteiger partial charge in [0.2, 0.25) is 0 Å². The summed E-state index contributed by atoms with van der Waals surface area (Å²) in [5.74, 6) is 24.3. The molecule has 18 atom stereocenters. The number of rotatable bonds is 13. The van der Waals surface area contributed by atoms with Crippen LogP contribution in [0.5, 0.6) is 0 Å². The molecule has 0 aliphatic heterocycles. The van der Waals surface area contributed by atoms with Gasteiger partial charge in [0, 0.05) is 16.1 Å². The molecule has 13 rings (SSSR count). The van der Waals surface area contributed by atoms with Crippen LogP contribution in [0.3, 0.4) is 0 Å². The quantitative estimate of drug-likeness (QED) is 0.161. The van der Waals surface area contributed by atoms with E-state index in [-0.39, 0.29) is 0 Å². The largest absolute Gasteiger partial charge is 0.0693 e. The van der Waals surface area contributed by atoms with Crippen molar-refractivity contribution in [3.8, 4) is 0 Å². The smallest absolute Gasteiger partial charge is 0.0474 e. The highest BCUT2D eigenvalue weighted by atomic mass is 28.3. The van der Waals surface area contributed by atoms with Crippen molar-refractivity contribution < 1.29 is 0 Å². The highest BCUT2D eigenvalue weighted by Gasteiger charge is 2.58. The van der Waals surface area contributed by atoms with Gasteiger partial charge in [0.25, 0.3) is 0 Å².